The lowest BCUT2D eigenvalue weighted by Crippen LogP contribution is -2.09. The van der Waals surface area contributed by atoms with E-state index in [0.29, 0.717) is 12.6 Å². The number of anilines is 1. The van der Waals surface area contributed by atoms with Crippen molar-refractivity contribution < 1.29 is 4.74 Å². The lowest BCUT2D eigenvalue weighted by Gasteiger charge is -2.19. The van der Waals surface area contributed by atoms with E-state index in [1.807, 2.05) is 0 Å². The average Bonchev–Trinajstić information content (AvgIpc) is 2.45. The van der Waals surface area contributed by atoms with Crippen LogP contribution in [-0.2, 0) is 11.3 Å². The molecule has 2 aromatic rings. The first-order chi connectivity index (χ1) is 9.72. The zero-order valence-electron chi connectivity index (χ0n) is 11.9. The van der Waals surface area contributed by atoms with Crippen molar-refractivity contribution in [3.63, 3.8) is 0 Å². The molecule has 0 saturated carbocycles. The first kappa shape index (κ1) is 15.1. The van der Waals surface area contributed by atoms with E-state index in [0.717, 1.165) is 16.6 Å². The third kappa shape index (κ3) is 4.09. The van der Waals surface area contributed by atoms with Crippen LogP contribution in [0, 0.1) is 0 Å². The molecule has 106 valence electrons. The number of hydrogen-bond acceptors (Lipinski definition) is 2. The number of rotatable bonds is 6. The maximum Gasteiger partial charge on any atom is 0.0713 e. The van der Waals surface area contributed by atoms with Gasteiger partial charge in [-0.2, -0.15) is 0 Å². The van der Waals surface area contributed by atoms with Crippen molar-refractivity contribution in [2.75, 3.05) is 12.4 Å². The first-order valence-electron chi connectivity index (χ1n) is 6.82. The summed E-state index contributed by atoms with van der Waals surface area (Å²) < 4.78 is 6.29. The molecule has 0 aromatic heterocycles. The lowest BCUT2D eigenvalue weighted by molar-refractivity contribution is 0.185. The molecule has 1 N–H and O–H groups in total. The zero-order chi connectivity index (χ0) is 14.4. The zero-order valence-corrected chi connectivity index (χ0v) is 13.5. The molecule has 1 atom stereocenters. The Morgan fingerprint density at radius 3 is 2.65 bits per heavy atom. The lowest BCUT2D eigenvalue weighted by atomic mass is 10.0. The highest BCUT2D eigenvalue weighted by Gasteiger charge is 2.09. The van der Waals surface area contributed by atoms with Gasteiger partial charge in [0.2, 0.25) is 0 Å². The largest absolute Gasteiger partial charge is 0.380 e. The Morgan fingerprint density at radius 1 is 1.15 bits per heavy atom. The molecule has 2 nitrogen and oxygen atoms in total. The summed E-state index contributed by atoms with van der Waals surface area (Å²) in [4.78, 5) is 0. The molecule has 1 unspecified atom stereocenters. The number of methoxy groups -OCH3 is 1. The summed E-state index contributed by atoms with van der Waals surface area (Å²) >= 11 is 3.53. The Kier molecular flexibility index (Phi) is 5.62. The van der Waals surface area contributed by atoms with E-state index < -0.39 is 0 Å². The van der Waals surface area contributed by atoms with Crippen LogP contribution < -0.4 is 5.32 Å². The van der Waals surface area contributed by atoms with Gasteiger partial charge in [-0.1, -0.05) is 47.1 Å². The van der Waals surface area contributed by atoms with Crippen molar-refractivity contribution >= 4 is 21.6 Å². The molecule has 0 radical (unpaired) electrons. The summed E-state index contributed by atoms with van der Waals surface area (Å²) in [5, 5.41) is 3.59. The van der Waals surface area contributed by atoms with Crippen molar-refractivity contribution in [2.24, 2.45) is 0 Å². The van der Waals surface area contributed by atoms with E-state index in [1.165, 1.54) is 11.1 Å². The Morgan fingerprint density at radius 2 is 1.95 bits per heavy atom. The monoisotopic (exact) mass is 333 g/mol. The van der Waals surface area contributed by atoms with E-state index >= 15 is 0 Å². The number of hydrogen-bond donors (Lipinski definition) is 1. The van der Waals surface area contributed by atoms with Gasteiger partial charge < -0.3 is 10.1 Å². The molecular weight excluding hydrogens is 314 g/mol. The third-order valence-corrected chi connectivity index (χ3v) is 3.73. The standard InChI is InChI=1S/C17H20BrNO/c1-3-17(14-7-5-8-15(18)11-14)19-16-9-4-6-13(10-16)12-20-2/h4-11,17,19H,3,12H2,1-2H3. The summed E-state index contributed by atoms with van der Waals surface area (Å²) in [6.45, 7) is 2.83. The molecule has 0 amide bonds. The Bertz CT molecular complexity index is 556. The minimum Gasteiger partial charge on any atom is -0.380 e. The quantitative estimate of drug-likeness (QED) is 0.788. The molecule has 3 heteroatoms. The molecule has 0 aliphatic rings. The predicted octanol–water partition coefficient (Wildman–Crippen LogP) is 5.16. The van der Waals surface area contributed by atoms with Crippen molar-refractivity contribution in [1.29, 1.82) is 0 Å². The topological polar surface area (TPSA) is 21.3 Å². The molecule has 0 spiro atoms. The molecule has 20 heavy (non-hydrogen) atoms. The smallest absolute Gasteiger partial charge is 0.0713 e. The maximum atomic E-state index is 5.18. The SMILES string of the molecule is CCC(Nc1cccc(COC)c1)c1cccc(Br)c1. The van der Waals surface area contributed by atoms with Crippen LogP contribution in [0.3, 0.4) is 0 Å². The van der Waals surface area contributed by atoms with Crippen LogP contribution in [0.5, 0.6) is 0 Å². The maximum absolute atomic E-state index is 5.18. The Labute approximate surface area is 129 Å². The molecule has 0 heterocycles. The van der Waals surface area contributed by atoms with Crippen LogP contribution in [0.15, 0.2) is 53.0 Å². The highest BCUT2D eigenvalue weighted by Crippen LogP contribution is 2.25. The molecule has 0 bridgehead atoms. The molecule has 0 aliphatic carbocycles. The van der Waals surface area contributed by atoms with E-state index in [2.05, 4.69) is 76.7 Å². The van der Waals surface area contributed by atoms with Gasteiger partial charge in [0.25, 0.3) is 0 Å². The average molecular weight is 334 g/mol. The number of ether oxygens (including phenoxy) is 1. The Balaban J connectivity index is 2.15. The van der Waals surface area contributed by atoms with Gasteiger partial charge in [0.15, 0.2) is 0 Å². The van der Waals surface area contributed by atoms with E-state index in [1.54, 1.807) is 7.11 Å². The summed E-state index contributed by atoms with van der Waals surface area (Å²) in [6, 6.07) is 17.1. The fraction of sp³-hybridized carbons (Fsp3) is 0.294. The van der Waals surface area contributed by atoms with Gasteiger partial charge in [-0.15, -0.1) is 0 Å². The van der Waals surface area contributed by atoms with Crippen LogP contribution in [0.1, 0.15) is 30.5 Å². The van der Waals surface area contributed by atoms with Crippen molar-refractivity contribution in [2.45, 2.75) is 26.0 Å². The fourth-order valence-electron chi connectivity index (χ4n) is 2.26. The predicted molar refractivity (Wildman–Crippen MR) is 88.0 cm³/mol. The molecule has 0 fully saturated rings. The summed E-state index contributed by atoms with van der Waals surface area (Å²) in [7, 11) is 1.72. The van der Waals surface area contributed by atoms with Crippen LogP contribution in [0.4, 0.5) is 5.69 Å². The van der Waals surface area contributed by atoms with Crippen LogP contribution in [0.25, 0.3) is 0 Å². The van der Waals surface area contributed by atoms with Gasteiger partial charge in [-0.3, -0.25) is 0 Å². The van der Waals surface area contributed by atoms with Gasteiger partial charge in [0.05, 0.1) is 12.6 Å². The van der Waals surface area contributed by atoms with Crippen molar-refractivity contribution in [1.82, 2.24) is 0 Å². The number of benzene rings is 2. The van der Waals surface area contributed by atoms with Crippen LogP contribution in [-0.4, -0.2) is 7.11 Å². The van der Waals surface area contributed by atoms with E-state index in [9.17, 15) is 0 Å². The summed E-state index contributed by atoms with van der Waals surface area (Å²) in [6.07, 6.45) is 1.03. The van der Waals surface area contributed by atoms with Gasteiger partial charge in [0, 0.05) is 17.3 Å². The van der Waals surface area contributed by atoms with E-state index in [4.69, 9.17) is 4.74 Å². The molecule has 0 saturated heterocycles. The van der Waals surface area contributed by atoms with Crippen molar-refractivity contribution in [3.8, 4) is 0 Å². The second-order valence-electron chi connectivity index (χ2n) is 4.79. The summed E-state index contributed by atoms with van der Waals surface area (Å²) in [5.74, 6) is 0. The molecular formula is C17H20BrNO. The highest BCUT2D eigenvalue weighted by atomic mass is 79.9. The molecule has 2 rings (SSSR count). The minimum atomic E-state index is 0.310. The first-order valence-corrected chi connectivity index (χ1v) is 7.62. The van der Waals surface area contributed by atoms with Gasteiger partial charge in [0.1, 0.15) is 0 Å². The second-order valence-corrected chi connectivity index (χ2v) is 5.71. The normalized spacial score (nSPS) is 12.2. The van der Waals surface area contributed by atoms with Crippen LogP contribution >= 0.6 is 15.9 Å². The molecule has 0 aliphatic heterocycles. The van der Waals surface area contributed by atoms with Gasteiger partial charge in [-0.25, -0.2) is 0 Å². The molecule has 2 aromatic carbocycles. The fourth-order valence-corrected chi connectivity index (χ4v) is 2.68. The van der Waals surface area contributed by atoms with Gasteiger partial charge >= 0.3 is 0 Å². The highest BCUT2D eigenvalue weighted by molar-refractivity contribution is 9.10. The van der Waals surface area contributed by atoms with Gasteiger partial charge in [-0.05, 0) is 41.8 Å². The number of halogens is 1. The van der Waals surface area contributed by atoms with E-state index in [-0.39, 0.29) is 0 Å². The number of nitrogens with one attached hydrogen (secondary N) is 1. The Hall–Kier alpha value is -1.32. The van der Waals surface area contributed by atoms with Crippen LogP contribution in [0.2, 0.25) is 0 Å². The van der Waals surface area contributed by atoms with Crippen molar-refractivity contribution in [3.05, 3.63) is 64.1 Å². The minimum absolute atomic E-state index is 0.310. The second kappa shape index (κ2) is 7.46. The third-order valence-electron chi connectivity index (χ3n) is 3.24. The summed E-state index contributed by atoms with van der Waals surface area (Å²) in [5.41, 5.74) is 3.60.